The fourth-order valence-electron chi connectivity index (χ4n) is 1.45. The Kier molecular flexibility index (Phi) is 6.22. The van der Waals surface area contributed by atoms with Crippen LogP contribution in [0.5, 0.6) is 0 Å². The first-order valence-electron chi connectivity index (χ1n) is 5.47. The number of hydrogen-bond acceptors (Lipinski definition) is 4. The molecule has 0 aliphatic heterocycles. The van der Waals surface area contributed by atoms with Gasteiger partial charge in [0.2, 0.25) is 0 Å². The van der Waals surface area contributed by atoms with E-state index >= 15 is 0 Å². The molecule has 0 saturated carbocycles. The van der Waals surface area contributed by atoms with Crippen molar-refractivity contribution < 1.29 is 18.3 Å². The topological polar surface area (TPSA) is 45.1 Å². The van der Waals surface area contributed by atoms with Crippen molar-refractivity contribution in [1.29, 1.82) is 0 Å². The number of aliphatic hydroxyl groups is 1. The molecule has 0 spiro atoms. The first-order chi connectivity index (χ1) is 8.88. The van der Waals surface area contributed by atoms with Gasteiger partial charge in [-0.1, -0.05) is 11.6 Å². The summed E-state index contributed by atoms with van der Waals surface area (Å²) in [6.07, 6.45) is -1.35. The Balaban J connectivity index is 2.84. The number of halogens is 4. The van der Waals surface area contributed by atoms with E-state index in [4.69, 9.17) is 16.7 Å². The summed E-state index contributed by atoms with van der Waals surface area (Å²) in [4.78, 5) is 3.70. The van der Waals surface area contributed by atoms with Gasteiger partial charge in [-0.3, -0.25) is 0 Å². The molecule has 0 aliphatic carbocycles. The maximum atomic E-state index is 12.4. The van der Waals surface area contributed by atoms with Crippen LogP contribution >= 0.6 is 23.4 Å². The number of nitrogens with zero attached hydrogens (tertiary/aromatic N) is 1. The number of pyridine rings is 1. The Morgan fingerprint density at radius 3 is 2.68 bits per heavy atom. The molecule has 1 unspecified atom stereocenters. The summed E-state index contributed by atoms with van der Waals surface area (Å²) >= 11 is 7.34. The molecule has 0 radical (unpaired) electrons. The van der Waals surface area contributed by atoms with Crippen molar-refractivity contribution >= 4 is 29.2 Å². The van der Waals surface area contributed by atoms with Crippen LogP contribution in [0.1, 0.15) is 12.0 Å². The highest BCUT2D eigenvalue weighted by Gasteiger charge is 2.31. The first kappa shape index (κ1) is 16.4. The number of rotatable bonds is 6. The van der Waals surface area contributed by atoms with Gasteiger partial charge in [-0.25, -0.2) is 4.98 Å². The van der Waals surface area contributed by atoms with Crippen LogP contribution in [0.2, 0.25) is 5.02 Å². The zero-order chi connectivity index (χ0) is 14.5. The number of aliphatic hydroxyl groups excluding tert-OH is 1. The summed E-state index contributed by atoms with van der Waals surface area (Å²) in [6.45, 7) is -0.0174. The lowest BCUT2D eigenvalue weighted by Crippen LogP contribution is -2.24. The van der Waals surface area contributed by atoms with Crippen LogP contribution in [0.25, 0.3) is 0 Å². The zero-order valence-corrected chi connectivity index (χ0v) is 11.7. The highest BCUT2D eigenvalue weighted by molar-refractivity contribution is 7.98. The number of alkyl halides is 3. The molecule has 1 rings (SSSR count). The van der Waals surface area contributed by atoms with Crippen LogP contribution < -0.4 is 5.32 Å². The summed E-state index contributed by atoms with van der Waals surface area (Å²) in [6, 6.07) is 0.744. The highest BCUT2D eigenvalue weighted by Crippen LogP contribution is 2.32. The summed E-state index contributed by atoms with van der Waals surface area (Å²) in [5.41, 5.74) is -0.883. The molecule has 108 valence electrons. The maximum absolute atomic E-state index is 12.4. The predicted molar refractivity (Wildman–Crippen MR) is 71.7 cm³/mol. The number of anilines is 1. The van der Waals surface area contributed by atoms with Crippen molar-refractivity contribution in [2.75, 3.05) is 23.9 Å². The third-order valence-electron chi connectivity index (χ3n) is 2.35. The second-order valence-corrected chi connectivity index (χ2v) is 5.18. The second kappa shape index (κ2) is 7.21. The van der Waals surface area contributed by atoms with E-state index in [1.54, 1.807) is 11.8 Å². The SMILES string of the molecule is CSCC(CCO)Nc1ncc(C(F)(F)F)cc1Cl. The van der Waals surface area contributed by atoms with Gasteiger partial charge in [-0.05, 0) is 18.7 Å². The summed E-state index contributed by atoms with van der Waals surface area (Å²) in [7, 11) is 0. The van der Waals surface area contributed by atoms with Crippen molar-refractivity contribution in [3.05, 3.63) is 22.8 Å². The molecule has 1 heterocycles. The molecule has 0 saturated heterocycles. The first-order valence-corrected chi connectivity index (χ1v) is 7.24. The van der Waals surface area contributed by atoms with Crippen LogP contribution in [0.15, 0.2) is 12.3 Å². The molecule has 0 aromatic carbocycles. The number of aromatic nitrogens is 1. The Morgan fingerprint density at radius 2 is 2.21 bits per heavy atom. The summed E-state index contributed by atoms with van der Waals surface area (Å²) in [5, 5.41) is 11.8. The van der Waals surface area contributed by atoms with E-state index in [0.29, 0.717) is 12.2 Å². The lowest BCUT2D eigenvalue weighted by atomic mass is 10.2. The molecule has 1 atom stereocenters. The van der Waals surface area contributed by atoms with Crippen molar-refractivity contribution in [2.24, 2.45) is 0 Å². The van der Waals surface area contributed by atoms with E-state index in [-0.39, 0.29) is 23.5 Å². The van der Waals surface area contributed by atoms with E-state index in [0.717, 1.165) is 12.3 Å². The lowest BCUT2D eigenvalue weighted by Gasteiger charge is -2.18. The largest absolute Gasteiger partial charge is 0.417 e. The van der Waals surface area contributed by atoms with E-state index in [1.165, 1.54) is 0 Å². The Bertz CT molecular complexity index is 411. The highest BCUT2D eigenvalue weighted by atomic mass is 35.5. The minimum absolute atomic E-state index is 0.0174. The molecular formula is C11H14ClF3N2OS. The smallest absolute Gasteiger partial charge is 0.396 e. The van der Waals surface area contributed by atoms with Gasteiger partial charge in [-0.2, -0.15) is 24.9 Å². The van der Waals surface area contributed by atoms with Crippen molar-refractivity contribution in [1.82, 2.24) is 4.98 Å². The van der Waals surface area contributed by atoms with Gasteiger partial charge in [-0.15, -0.1) is 0 Å². The predicted octanol–water partition coefficient (Wildman–Crippen LogP) is 3.28. The average molecular weight is 315 g/mol. The lowest BCUT2D eigenvalue weighted by molar-refractivity contribution is -0.137. The van der Waals surface area contributed by atoms with Gasteiger partial charge in [0.05, 0.1) is 10.6 Å². The number of nitrogens with one attached hydrogen (secondary N) is 1. The molecule has 3 nitrogen and oxygen atoms in total. The Labute approximate surface area is 118 Å². The van der Waals surface area contributed by atoms with Gasteiger partial charge >= 0.3 is 6.18 Å². The molecular weight excluding hydrogens is 301 g/mol. The van der Waals surface area contributed by atoms with Crippen molar-refractivity contribution in [2.45, 2.75) is 18.6 Å². The van der Waals surface area contributed by atoms with Gasteiger partial charge in [0.1, 0.15) is 5.82 Å². The van der Waals surface area contributed by atoms with Crippen LogP contribution in [0.4, 0.5) is 19.0 Å². The third-order valence-corrected chi connectivity index (χ3v) is 3.38. The minimum Gasteiger partial charge on any atom is -0.396 e. The van der Waals surface area contributed by atoms with Crippen LogP contribution in [-0.2, 0) is 6.18 Å². The van der Waals surface area contributed by atoms with Crippen LogP contribution in [0, 0.1) is 0 Å². The maximum Gasteiger partial charge on any atom is 0.417 e. The third kappa shape index (κ3) is 5.08. The molecule has 0 bridgehead atoms. The molecule has 8 heteroatoms. The fraction of sp³-hybridized carbons (Fsp3) is 0.545. The standard InChI is InChI=1S/C11H14ClF3N2OS/c1-19-6-8(2-3-18)17-10-9(12)4-7(5-16-10)11(13,14)15/h4-5,8,18H,2-3,6H2,1H3,(H,16,17). The van der Waals surface area contributed by atoms with Crippen molar-refractivity contribution in [3.8, 4) is 0 Å². The second-order valence-electron chi connectivity index (χ2n) is 3.86. The van der Waals surface area contributed by atoms with E-state index in [1.807, 2.05) is 6.26 Å². The normalized spacial score (nSPS) is 13.4. The minimum atomic E-state index is -4.46. The molecule has 0 fully saturated rings. The van der Waals surface area contributed by atoms with Crippen LogP contribution in [-0.4, -0.2) is 34.7 Å². The van der Waals surface area contributed by atoms with Gasteiger partial charge in [0.15, 0.2) is 0 Å². The molecule has 1 aromatic heterocycles. The van der Waals surface area contributed by atoms with Gasteiger partial charge in [0, 0.05) is 24.6 Å². The zero-order valence-electron chi connectivity index (χ0n) is 10.2. The Hall–Kier alpha value is -0.660. The fourth-order valence-corrected chi connectivity index (χ4v) is 2.32. The van der Waals surface area contributed by atoms with Gasteiger partial charge in [0.25, 0.3) is 0 Å². The summed E-state index contributed by atoms with van der Waals surface area (Å²) in [5.74, 6) is 0.890. The van der Waals surface area contributed by atoms with Crippen molar-refractivity contribution in [3.63, 3.8) is 0 Å². The molecule has 0 amide bonds. The van der Waals surface area contributed by atoms with E-state index < -0.39 is 11.7 Å². The van der Waals surface area contributed by atoms with E-state index in [2.05, 4.69) is 10.3 Å². The molecule has 19 heavy (non-hydrogen) atoms. The Morgan fingerprint density at radius 1 is 1.53 bits per heavy atom. The monoisotopic (exact) mass is 314 g/mol. The van der Waals surface area contributed by atoms with Gasteiger partial charge < -0.3 is 10.4 Å². The molecule has 1 aromatic rings. The quantitative estimate of drug-likeness (QED) is 0.846. The molecule has 2 N–H and O–H groups in total. The number of thioether (sulfide) groups is 1. The summed E-state index contributed by atoms with van der Waals surface area (Å²) < 4.78 is 37.3. The molecule has 0 aliphatic rings. The number of hydrogen-bond donors (Lipinski definition) is 2. The van der Waals surface area contributed by atoms with E-state index in [9.17, 15) is 13.2 Å². The van der Waals surface area contributed by atoms with Crippen LogP contribution in [0.3, 0.4) is 0 Å². The average Bonchev–Trinajstić information content (AvgIpc) is 2.31.